The third-order valence-corrected chi connectivity index (χ3v) is 28.0. The van der Waals surface area contributed by atoms with E-state index < -0.39 is 0 Å². The minimum absolute atomic E-state index is 0.0107. The molecule has 10 heterocycles. The molecule has 8 atom stereocenters. The van der Waals surface area contributed by atoms with Crippen LogP contribution in [0, 0.1) is 68.0 Å². The first-order chi connectivity index (χ1) is 51.6. The predicted octanol–water partition coefficient (Wildman–Crippen LogP) is 11.0. The van der Waals surface area contributed by atoms with Gasteiger partial charge < -0.3 is 75.5 Å². The lowest BCUT2D eigenvalue weighted by Crippen LogP contribution is -2.48. The van der Waals surface area contributed by atoms with Gasteiger partial charge in [-0.3, -0.25) is 28.8 Å². The van der Waals surface area contributed by atoms with E-state index in [0.29, 0.717) is 41.4 Å². The second-order valence-corrected chi connectivity index (χ2v) is 41.2. The fourth-order valence-corrected chi connectivity index (χ4v) is 20.0. The van der Waals surface area contributed by atoms with Crippen LogP contribution < -0.4 is 31.9 Å². The Hall–Kier alpha value is -3.19. The molecule has 0 aromatic rings. The van der Waals surface area contributed by atoms with E-state index in [1.807, 2.05) is 58.9 Å². The van der Waals surface area contributed by atoms with Gasteiger partial charge in [-0.15, -0.1) is 0 Å². The van der Waals surface area contributed by atoms with Crippen molar-refractivity contribution in [2.45, 2.75) is 280 Å². The predicted molar refractivity (Wildman–Crippen MR) is 445 cm³/mol. The van der Waals surface area contributed by atoms with Crippen LogP contribution in [0.25, 0.3) is 0 Å². The third kappa shape index (κ3) is 30.7. The molecule has 12 fully saturated rings. The Labute approximate surface area is 667 Å². The van der Waals surface area contributed by atoms with Crippen molar-refractivity contribution in [3.8, 4) is 0 Å². The van der Waals surface area contributed by atoms with Crippen molar-refractivity contribution in [2.24, 2.45) is 68.0 Å². The van der Waals surface area contributed by atoms with Crippen LogP contribution >= 0.6 is 11.8 Å². The Morgan fingerprint density at radius 3 is 0.780 bits per heavy atom. The molecule has 12 rings (SSSR count). The molecular weight excluding hydrogens is 1390 g/mol. The summed E-state index contributed by atoms with van der Waals surface area (Å²) in [6.45, 7) is 43.4. The zero-order chi connectivity index (χ0) is 79.7. The summed E-state index contributed by atoms with van der Waals surface area (Å²) in [6.07, 6.45) is 29.0. The Balaban J connectivity index is 0.000000182. The van der Waals surface area contributed by atoms with Gasteiger partial charge >= 0.3 is 0 Å². The molecule has 10 aliphatic heterocycles. The maximum Gasteiger partial charge on any atom is 0.239 e. The molecule has 12 aliphatic rings. The van der Waals surface area contributed by atoms with Crippen molar-refractivity contribution < 1.29 is 43.0 Å². The first-order valence-electron chi connectivity index (χ1n) is 43.7. The van der Waals surface area contributed by atoms with Crippen molar-refractivity contribution in [3.63, 3.8) is 0 Å². The highest BCUT2D eigenvalue weighted by Gasteiger charge is 2.42. The fourth-order valence-electron chi connectivity index (χ4n) is 18.7. The highest BCUT2D eigenvalue weighted by molar-refractivity contribution is 7.99. The normalized spacial score (nSPS) is 30.6. The van der Waals surface area contributed by atoms with Crippen LogP contribution in [0.3, 0.4) is 0 Å². The molecule has 0 radical (unpaired) electrons. The maximum absolute atomic E-state index is 12.6. The lowest BCUT2D eigenvalue weighted by Gasteiger charge is -2.33. The summed E-state index contributed by atoms with van der Waals surface area (Å²) in [5.74, 6) is 8.25. The number of hydrogen-bond acceptors (Lipinski definition) is 16. The molecule has 0 aromatic carbocycles. The Morgan fingerprint density at radius 1 is 0.294 bits per heavy atom. The zero-order valence-electron chi connectivity index (χ0n) is 72.5. The standard InChI is InChI=1S/C16H30N2O.C15H28N2O2.C15H28N2O.C14H26N2O2.C14H26N2OS.C13H24N2O2/c1-16(2)9-10-18(15(19)14(11-16)17-3)12-13-7-5-4-6-8-13;1-15(2)6-7-17(14(18)13(10-15)16-3)11-12-4-8-19-9-5-12;1-15(2)8-9-17(11-12-6-4-5-7-12)14(18)13(10-15)16-3;2*1-14(2)5-6-16(9-11-4-7-18-10-11)13(17)12(8-14)15-3;1-13(2)4-5-15(7-10-8-17-9-10)12(16)11(6-13)14-3/h13-14,17H,4-12H2,1-3H3;12-13,16H,4-11H2,1-3H3;12-13,16H,4-11H2,1-3H3;2*11-12,15H,4-10H2,1-3H3;10-11,14H,4-9H2,1-3H3. The number of rotatable bonds is 18. The van der Waals surface area contributed by atoms with Crippen molar-refractivity contribution in [2.75, 3.05) is 172 Å². The van der Waals surface area contributed by atoms with Gasteiger partial charge in [0.2, 0.25) is 35.4 Å². The van der Waals surface area contributed by atoms with Gasteiger partial charge in [0.1, 0.15) is 0 Å². The van der Waals surface area contributed by atoms with Crippen LogP contribution in [0.2, 0.25) is 0 Å². The van der Waals surface area contributed by atoms with E-state index in [2.05, 4.69) is 139 Å². The molecule has 6 amide bonds. The fraction of sp³-hybridized carbons (Fsp3) is 0.931. The lowest BCUT2D eigenvalue weighted by molar-refractivity contribution is -0.136. The van der Waals surface area contributed by atoms with Gasteiger partial charge in [-0.05, 0) is 238 Å². The van der Waals surface area contributed by atoms with Gasteiger partial charge in [-0.25, -0.2) is 0 Å². The van der Waals surface area contributed by atoms with Crippen LogP contribution in [0.5, 0.6) is 0 Å². The van der Waals surface area contributed by atoms with E-state index in [1.165, 1.54) is 75.7 Å². The number of thioether (sulfide) groups is 1. The van der Waals surface area contributed by atoms with Crippen LogP contribution in [0.4, 0.5) is 0 Å². The number of ether oxygens (including phenoxy) is 3. The van der Waals surface area contributed by atoms with E-state index in [9.17, 15) is 28.8 Å². The number of amides is 6. The number of likely N-dealkylation sites (N-methyl/N-ethyl adjacent to an activating group) is 6. The Kier molecular flexibility index (Phi) is 37.7. The molecule has 22 heteroatoms. The third-order valence-electron chi connectivity index (χ3n) is 26.8. The quantitative estimate of drug-likeness (QED) is 0.0751. The van der Waals surface area contributed by atoms with Crippen molar-refractivity contribution in [1.29, 1.82) is 0 Å². The minimum atomic E-state index is -0.0233. The second kappa shape index (κ2) is 44.2. The van der Waals surface area contributed by atoms with E-state index >= 15 is 0 Å². The first kappa shape index (κ1) is 93.0. The van der Waals surface area contributed by atoms with Crippen molar-refractivity contribution >= 4 is 47.2 Å². The van der Waals surface area contributed by atoms with Crippen molar-refractivity contribution in [3.05, 3.63) is 0 Å². The smallest absolute Gasteiger partial charge is 0.239 e. The van der Waals surface area contributed by atoms with Gasteiger partial charge in [0, 0.05) is 110 Å². The topological polar surface area (TPSA) is 222 Å². The average molecular weight is 1550 g/mol. The average Bonchev–Trinajstić information content (AvgIpc) is 1.78. The van der Waals surface area contributed by atoms with E-state index in [0.717, 1.165) is 232 Å². The number of likely N-dealkylation sites (tertiary alicyclic amines) is 6. The summed E-state index contributed by atoms with van der Waals surface area (Å²) in [4.78, 5) is 87.6. The summed E-state index contributed by atoms with van der Waals surface area (Å²) >= 11 is 2.03. The van der Waals surface area contributed by atoms with Crippen LogP contribution in [0.15, 0.2) is 0 Å². The summed E-state index contributed by atoms with van der Waals surface area (Å²) in [5, 5.41) is 19.2. The van der Waals surface area contributed by atoms with E-state index in [1.54, 1.807) is 0 Å². The highest BCUT2D eigenvalue weighted by atomic mass is 32.2. The SMILES string of the molecule is CNC1CC(C)(C)CCN(CC2CCCC2)C1=O.CNC1CC(C)(C)CCN(CC2CCCCC2)C1=O.CNC1CC(C)(C)CCN(CC2CCOC2)C1=O.CNC1CC(C)(C)CCN(CC2CCOCC2)C1=O.CNC1CC(C)(C)CCN(CC2CCSC2)C1=O.CNC1CC(C)(C)CCN(CC2COC2)C1=O. The summed E-state index contributed by atoms with van der Waals surface area (Å²) in [7, 11) is 11.4. The largest absolute Gasteiger partial charge is 0.381 e. The highest BCUT2D eigenvalue weighted by Crippen LogP contribution is 2.39. The molecule has 2 saturated carbocycles. The number of carbonyl (C=O) groups excluding carboxylic acids is 6. The number of nitrogens with zero attached hydrogens (tertiary/aromatic N) is 6. The number of carbonyl (C=O) groups is 6. The summed E-state index contributed by atoms with van der Waals surface area (Å²) < 4.78 is 16.0. The van der Waals surface area contributed by atoms with Gasteiger partial charge in [-0.2, -0.15) is 11.8 Å². The Bertz CT molecular complexity index is 2530. The van der Waals surface area contributed by atoms with Crippen molar-refractivity contribution in [1.82, 2.24) is 61.3 Å². The van der Waals surface area contributed by atoms with Gasteiger partial charge in [0.05, 0.1) is 56.1 Å². The van der Waals surface area contributed by atoms with Crippen LogP contribution in [-0.4, -0.2) is 273 Å². The van der Waals surface area contributed by atoms with Gasteiger partial charge in [0.15, 0.2) is 0 Å². The van der Waals surface area contributed by atoms with Crippen LogP contribution in [0.1, 0.15) is 244 Å². The zero-order valence-corrected chi connectivity index (χ0v) is 73.3. The van der Waals surface area contributed by atoms with Crippen LogP contribution in [-0.2, 0) is 43.0 Å². The molecule has 21 nitrogen and oxygen atoms in total. The molecule has 10 saturated heterocycles. The second-order valence-electron chi connectivity index (χ2n) is 40.0. The number of hydrogen-bond donors (Lipinski definition) is 6. The molecule has 109 heavy (non-hydrogen) atoms. The van der Waals surface area contributed by atoms with E-state index in [4.69, 9.17) is 14.2 Å². The Morgan fingerprint density at radius 2 is 0.532 bits per heavy atom. The van der Waals surface area contributed by atoms with Gasteiger partial charge in [-0.1, -0.05) is 115 Å². The molecule has 630 valence electrons. The molecule has 8 unspecified atom stereocenters. The molecule has 0 spiro atoms. The lowest BCUT2D eigenvalue weighted by atomic mass is 9.83. The molecule has 0 aromatic heterocycles. The summed E-state index contributed by atoms with van der Waals surface area (Å²) in [5.41, 5.74) is 1.53. The molecule has 6 N–H and O–H groups in total. The van der Waals surface area contributed by atoms with Gasteiger partial charge in [0.25, 0.3) is 0 Å². The monoisotopic (exact) mass is 1550 g/mol. The summed E-state index contributed by atoms with van der Waals surface area (Å²) in [6, 6.07) is -0.0165. The minimum Gasteiger partial charge on any atom is -0.381 e. The molecular formula is C87H162N12O9S. The van der Waals surface area contributed by atoms with E-state index in [-0.39, 0.29) is 80.6 Å². The molecule has 2 aliphatic carbocycles. The molecule has 0 bridgehead atoms. The number of nitrogens with one attached hydrogen (secondary N) is 6. The maximum atomic E-state index is 12.6. The first-order valence-corrected chi connectivity index (χ1v) is 44.8.